The molecule has 3 nitrogen and oxygen atoms in total. The minimum absolute atomic E-state index is 0.0718. The fourth-order valence-electron chi connectivity index (χ4n) is 5.63. The Morgan fingerprint density at radius 1 is 0.763 bits per heavy atom. The van der Waals surface area contributed by atoms with E-state index in [0.717, 1.165) is 40.8 Å². The second-order valence-corrected chi connectivity index (χ2v) is 11.8. The lowest BCUT2D eigenvalue weighted by molar-refractivity contribution is 0.0696. The van der Waals surface area contributed by atoms with Crippen LogP contribution < -0.4 is 4.74 Å². The Balaban J connectivity index is 1.59. The van der Waals surface area contributed by atoms with Gasteiger partial charge in [0.1, 0.15) is 11.9 Å². The Labute approximate surface area is 226 Å². The van der Waals surface area contributed by atoms with Crippen LogP contribution in [0.3, 0.4) is 0 Å². The molecule has 1 unspecified atom stereocenters. The molecule has 0 bridgehead atoms. The van der Waals surface area contributed by atoms with Crippen LogP contribution in [0.1, 0.15) is 84.8 Å². The Morgan fingerprint density at radius 2 is 1.32 bits per heavy atom. The first-order valence-electron chi connectivity index (χ1n) is 13.4. The van der Waals surface area contributed by atoms with E-state index in [-0.39, 0.29) is 22.5 Å². The van der Waals surface area contributed by atoms with Crippen molar-refractivity contribution in [1.82, 2.24) is 0 Å². The van der Waals surface area contributed by atoms with Gasteiger partial charge in [0, 0.05) is 5.56 Å². The van der Waals surface area contributed by atoms with Gasteiger partial charge in [-0.25, -0.2) is 4.79 Å². The normalized spacial score (nSPS) is 16.3. The summed E-state index contributed by atoms with van der Waals surface area (Å²) in [6.45, 7) is 11.5. The summed E-state index contributed by atoms with van der Waals surface area (Å²) in [4.78, 5) is 11.5. The third-order valence-corrected chi connectivity index (χ3v) is 8.20. The van der Waals surface area contributed by atoms with Crippen molar-refractivity contribution in [3.63, 3.8) is 0 Å². The number of hydrogen-bond donors (Lipinski definition) is 1. The van der Waals surface area contributed by atoms with Gasteiger partial charge in [0.25, 0.3) is 0 Å². The number of hydrogen-bond acceptors (Lipinski definition) is 2. The van der Waals surface area contributed by atoms with Crippen LogP contribution in [0, 0.1) is 6.92 Å². The standard InChI is InChI=1S/C35H36O3/c1-23-21-30-31(35(4,5)20-19-34(30,2)3)22-29(23)32(26-11-13-27(14-12-26)33(36)37)38-28-17-15-25(16-18-28)24-9-7-6-8-10-24/h6-18,21-22,32H,19-20H2,1-5H3,(H,36,37). The monoisotopic (exact) mass is 504 g/mol. The van der Waals surface area contributed by atoms with E-state index in [4.69, 9.17) is 4.74 Å². The predicted molar refractivity (Wildman–Crippen MR) is 154 cm³/mol. The second-order valence-electron chi connectivity index (χ2n) is 11.8. The van der Waals surface area contributed by atoms with Crippen molar-refractivity contribution in [2.75, 3.05) is 0 Å². The van der Waals surface area contributed by atoms with Crippen LogP contribution >= 0.6 is 0 Å². The van der Waals surface area contributed by atoms with Crippen molar-refractivity contribution in [2.45, 2.75) is 64.4 Å². The van der Waals surface area contributed by atoms with E-state index in [2.05, 4.69) is 71.0 Å². The largest absolute Gasteiger partial charge is 0.481 e. The molecule has 0 aliphatic heterocycles. The molecular weight excluding hydrogens is 468 g/mol. The quantitative estimate of drug-likeness (QED) is 0.285. The fraction of sp³-hybridized carbons (Fsp3) is 0.286. The first-order chi connectivity index (χ1) is 18.0. The van der Waals surface area contributed by atoms with Gasteiger partial charge in [-0.05, 0) is 88.2 Å². The Hall–Kier alpha value is -3.85. The molecule has 0 spiro atoms. The highest BCUT2D eigenvalue weighted by Gasteiger charge is 2.38. The van der Waals surface area contributed by atoms with Gasteiger partial charge >= 0.3 is 5.97 Å². The van der Waals surface area contributed by atoms with Crippen LogP contribution in [-0.4, -0.2) is 11.1 Å². The molecule has 1 aliphatic carbocycles. The predicted octanol–water partition coefficient (Wildman–Crippen LogP) is 8.88. The number of carboxylic acid groups (broad SMARTS) is 1. The molecule has 1 N–H and O–H groups in total. The molecule has 4 aromatic rings. The molecule has 0 radical (unpaired) electrons. The van der Waals surface area contributed by atoms with Gasteiger partial charge in [0.15, 0.2) is 0 Å². The van der Waals surface area contributed by atoms with Gasteiger partial charge in [-0.1, -0.05) is 94.4 Å². The van der Waals surface area contributed by atoms with Crippen molar-refractivity contribution in [2.24, 2.45) is 0 Å². The van der Waals surface area contributed by atoms with Crippen molar-refractivity contribution in [1.29, 1.82) is 0 Å². The topological polar surface area (TPSA) is 46.5 Å². The minimum Gasteiger partial charge on any atom is -0.481 e. The van der Waals surface area contributed by atoms with E-state index in [9.17, 15) is 9.90 Å². The number of rotatable bonds is 6. The molecule has 38 heavy (non-hydrogen) atoms. The molecule has 0 fully saturated rings. The molecule has 0 saturated carbocycles. The summed E-state index contributed by atoms with van der Waals surface area (Å²) < 4.78 is 6.72. The lowest BCUT2D eigenvalue weighted by Crippen LogP contribution is -2.34. The van der Waals surface area contributed by atoms with Gasteiger partial charge < -0.3 is 9.84 Å². The zero-order chi connectivity index (χ0) is 27.1. The maximum absolute atomic E-state index is 11.5. The number of benzene rings is 4. The summed E-state index contributed by atoms with van der Waals surface area (Å²) in [7, 11) is 0. The van der Waals surface area contributed by atoms with Crippen LogP contribution in [0.15, 0.2) is 91.0 Å². The summed E-state index contributed by atoms with van der Waals surface area (Å²) in [5, 5.41) is 9.44. The third kappa shape index (κ3) is 4.98. The number of aromatic carboxylic acids is 1. The molecule has 4 aromatic carbocycles. The summed E-state index contributed by atoms with van der Waals surface area (Å²) in [5.41, 5.74) is 8.79. The zero-order valence-electron chi connectivity index (χ0n) is 22.9. The van der Waals surface area contributed by atoms with Crippen LogP contribution in [-0.2, 0) is 10.8 Å². The molecule has 0 heterocycles. The van der Waals surface area contributed by atoms with E-state index in [1.807, 2.05) is 42.5 Å². The SMILES string of the molecule is Cc1cc2c(cc1C(Oc1ccc(-c3ccccc3)cc1)c1ccc(C(=O)O)cc1)C(C)(C)CCC2(C)C. The average molecular weight is 505 g/mol. The summed E-state index contributed by atoms with van der Waals surface area (Å²) in [6.07, 6.45) is 1.93. The maximum Gasteiger partial charge on any atom is 0.335 e. The van der Waals surface area contributed by atoms with Gasteiger partial charge in [0.2, 0.25) is 0 Å². The lowest BCUT2D eigenvalue weighted by Gasteiger charge is -2.42. The molecule has 194 valence electrons. The van der Waals surface area contributed by atoms with E-state index in [0.29, 0.717) is 0 Å². The van der Waals surface area contributed by atoms with Crippen molar-refractivity contribution in [3.05, 3.63) is 124 Å². The van der Waals surface area contributed by atoms with Crippen LogP contribution in [0.5, 0.6) is 5.75 Å². The Bertz CT molecular complexity index is 1450. The van der Waals surface area contributed by atoms with Crippen LogP contribution in [0.2, 0.25) is 0 Å². The van der Waals surface area contributed by atoms with Crippen molar-refractivity contribution < 1.29 is 14.6 Å². The van der Waals surface area contributed by atoms with Gasteiger partial charge in [-0.2, -0.15) is 0 Å². The third-order valence-electron chi connectivity index (χ3n) is 8.20. The molecule has 0 saturated heterocycles. The van der Waals surface area contributed by atoms with E-state index in [1.54, 1.807) is 12.1 Å². The Kier molecular flexibility index (Phi) is 6.65. The molecule has 3 heteroatoms. The fourth-order valence-corrected chi connectivity index (χ4v) is 5.63. The van der Waals surface area contributed by atoms with E-state index < -0.39 is 5.97 Å². The van der Waals surface area contributed by atoms with Crippen molar-refractivity contribution in [3.8, 4) is 16.9 Å². The number of ether oxygens (including phenoxy) is 1. The van der Waals surface area contributed by atoms with Gasteiger partial charge in [-0.3, -0.25) is 0 Å². The highest BCUT2D eigenvalue weighted by atomic mass is 16.5. The highest BCUT2D eigenvalue weighted by Crippen LogP contribution is 2.47. The summed E-state index contributed by atoms with van der Waals surface area (Å²) in [6, 6.07) is 30.3. The minimum atomic E-state index is -0.931. The number of aryl methyl sites for hydroxylation is 1. The summed E-state index contributed by atoms with van der Waals surface area (Å²) in [5.74, 6) is -0.159. The number of carboxylic acids is 1. The summed E-state index contributed by atoms with van der Waals surface area (Å²) >= 11 is 0. The van der Waals surface area contributed by atoms with E-state index in [1.165, 1.54) is 16.7 Å². The molecular formula is C35H36O3. The molecule has 0 amide bonds. The number of fused-ring (bicyclic) bond motifs is 1. The van der Waals surface area contributed by atoms with E-state index >= 15 is 0 Å². The number of carbonyl (C=O) groups is 1. The van der Waals surface area contributed by atoms with Crippen LogP contribution in [0.25, 0.3) is 11.1 Å². The Morgan fingerprint density at radius 3 is 1.89 bits per heavy atom. The maximum atomic E-state index is 11.5. The van der Waals surface area contributed by atoms with Gasteiger partial charge in [0.05, 0.1) is 5.56 Å². The lowest BCUT2D eigenvalue weighted by atomic mass is 9.62. The first kappa shape index (κ1) is 25.8. The van der Waals surface area contributed by atoms with Gasteiger partial charge in [-0.15, -0.1) is 0 Å². The smallest absolute Gasteiger partial charge is 0.335 e. The molecule has 1 aliphatic rings. The molecule has 0 aromatic heterocycles. The van der Waals surface area contributed by atoms with Crippen molar-refractivity contribution >= 4 is 5.97 Å². The highest BCUT2D eigenvalue weighted by molar-refractivity contribution is 5.87. The second kappa shape index (κ2) is 9.79. The molecule has 5 rings (SSSR count). The first-order valence-corrected chi connectivity index (χ1v) is 13.4. The molecule has 1 atom stereocenters. The zero-order valence-corrected chi connectivity index (χ0v) is 22.9. The van der Waals surface area contributed by atoms with Crippen LogP contribution in [0.4, 0.5) is 0 Å². The average Bonchev–Trinajstić information content (AvgIpc) is 2.91.